The Morgan fingerprint density at radius 2 is 2.14 bits per heavy atom. The molecule has 3 rings (SSSR count). The van der Waals surface area contributed by atoms with E-state index in [0.717, 1.165) is 36.1 Å². The standard InChI is InChI=1S/C21H31N3O3S/c1-13(2)8-9-27-18(25)12-24-17(11-23(4)5)22-20-19(21(24)26)15-7-6-14(3)10-16(15)28-20/h13-14H,6-12H2,1-5H3. The number of hydrogen-bond acceptors (Lipinski definition) is 6. The number of thiophene rings is 1. The Kier molecular flexibility index (Phi) is 6.55. The molecule has 0 spiro atoms. The molecule has 28 heavy (non-hydrogen) atoms. The van der Waals surface area contributed by atoms with E-state index in [1.54, 1.807) is 11.3 Å². The summed E-state index contributed by atoms with van der Waals surface area (Å²) in [6, 6.07) is 0. The molecule has 0 aliphatic heterocycles. The lowest BCUT2D eigenvalue weighted by atomic mass is 9.89. The summed E-state index contributed by atoms with van der Waals surface area (Å²) in [5.74, 6) is 1.36. The average Bonchev–Trinajstić information content (AvgIpc) is 2.94. The number of carbonyl (C=O) groups excluding carboxylic acids is 1. The van der Waals surface area contributed by atoms with Gasteiger partial charge in [-0.15, -0.1) is 11.3 Å². The summed E-state index contributed by atoms with van der Waals surface area (Å²) < 4.78 is 6.87. The predicted molar refractivity (Wildman–Crippen MR) is 113 cm³/mol. The number of fused-ring (bicyclic) bond motifs is 3. The minimum atomic E-state index is -0.373. The lowest BCUT2D eigenvalue weighted by Crippen LogP contribution is -2.32. The molecule has 6 nitrogen and oxygen atoms in total. The highest BCUT2D eigenvalue weighted by Crippen LogP contribution is 2.35. The van der Waals surface area contributed by atoms with Crippen molar-refractivity contribution in [3.05, 3.63) is 26.6 Å². The van der Waals surface area contributed by atoms with Gasteiger partial charge in [-0.1, -0.05) is 20.8 Å². The van der Waals surface area contributed by atoms with Crippen molar-refractivity contribution in [2.75, 3.05) is 20.7 Å². The Labute approximate surface area is 170 Å². The van der Waals surface area contributed by atoms with E-state index in [2.05, 4.69) is 20.8 Å². The van der Waals surface area contributed by atoms with Gasteiger partial charge in [0.25, 0.3) is 5.56 Å². The molecular weight excluding hydrogens is 374 g/mol. The van der Waals surface area contributed by atoms with Gasteiger partial charge in [-0.05, 0) is 57.2 Å². The number of nitrogens with zero attached hydrogens (tertiary/aromatic N) is 3. The topological polar surface area (TPSA) is 64.4 Å². The van der Waals surface area contributed by atoms with Crippen LogP contribution in [0.15, 0.2) is 4.79 Å². The van der Waals surface area contributed by atoms with Crippen molar-refractivity contribution in [1.29, 1.82) is 0 Å². The molecule has 0 N–H and O–H groups in total. The zero-order valence-electron chi connectivity index (χ0n) is 17.6. The second-order valence-electron chi connectivity index (χ2n) is 8.59. The van der Waals surface area contributed by atoms with Crippen molar-refractivity contribution in [2.24, 2.45) is 11.8 Å². The van der Waals surface area contributed by atoms with Crippen LogP contribution in [0, 0.1) is 11.8 Å². The van der Waals surface area contributed by atoms with Crippen molar-refractivity contribution in [2.45, 2.75) is 59.5 Å². The number of aromatic nitrogens is 2. The molecule has 1 aliphatic carbocycles. The fourth-order valence-electron chi connectivity index (χ4n) is 3.62. The number of esters is 1. The number of carbonyl (C=O) groups is 1. The van der Waals surface area contributed by atoms with Crippen LogP contribution in [0.5, 0.6) is 0 Å². The first-order chi connectivity index (χ1) is 13.3. The molecule has 1 unspecified atom stereocenters. The van der Waals surface area contributed by atoms with Crippen molar-refractivity contribution in [3.8, 4) is 0 Å². The van der Waals surface area contributed by atoms with E-state index in [0.29, 0.717) is 36.2 Å². The number of rotatable bonds is 7. The molecule has 1 atom stereocenters. The molecule has 2 aromatic rings. The maximum Gasteiger partial charge on any atom is 0.326 e. The minimum absolute atomic E-state index is 0.0793. The van der Waals surface area contributed by atoms with E-state index in [9.17, 15) is 9.59 Å². The molecule has 0 saturated carbocycles. The van der Waals surface area contributed by atoms with Gasteiger partial charge in [0.15, 0.2) is 0 Å². The zero-order valence-corrected chi connectivity index (χ0v) is 18.4. The van der Waals surface area contributed by atoms with Gasteiger partial charge in [-0.2, -0.15) is 0 Å². The third-order valence-electron chi connectivity index (χ3n) is 5.20. The maximum absolute atomic E-state index is 13.4. The van der Waals surface area contributed by atoms with Gasteiger partial charge >= 0.3 is 5.97 Å². The zero-order chi connectivity index (χ0) is 20.4. The molecule has 154 valence electrons. The Morgan fingerprint density at radius 3 is 2.82 bits per heavy atom. The summed E-state index contributed by atoms with van der Waals surface area (Å²) in [5.41, 5.74) is 1.05. The molecule has 7 heteroatoms. The summed E-state index contributed by atoms with van der Waals surface area (Å²) >= 11 is 1.64. The SMILES string of the molecule is CC(C)CCOC(=O)Cn1c(CN(C)C)nc2sc3c(c2c1=O)CCC(C)C3. The number of aryl methyl sites for hydroxylation is 1. The minimum Gasteiger partial charge on any atom is -0.464 e. The van der Waals surface area contributed by atoms with Gasteiger partial charge in [-0.3, -0.25) is 14.2 Å². The van der Waals surface area contributed by atoms with Gasteiger partial charge in [-0.25, -0.2) is 4.98 Å². The van der Waals surface area contributed by atoms with E-state index in [4.69, 9.17) is 9.72 Å². The highest BCUT2D eigenvalue weighted by atomic mass is 32.1. The third-order valence-corrected chi connectivity index (χ3v) is 6.35. The van der Waals surface area contributed by atoms with E-state index >= 15 is 0 Å². The Hall–Kier alpha value is -1.73. The van der Waals surface area contributed by atoms with E-state index in [-0.39, 0.29) is 18.1 Å². The van der Waals surface area contributed by atoms with Crippen molar-refractivity contribution in [1.82, 2.24) is 14.5 Å². The molecule has 0 fully saturated rings. The van der Waals surface area contributed by atoms with Crippen LogP contribution in [0.4, 0.5) is 0 Å². The highest BCUT2D eigenvalue weighted by Gasteiger charge is 2.25. The quantitative estimate of drug-likeness (QED) is 0.662. The monoisotopic (exact) mass is 405 g/mol. The molecule has 2 heterocycles. The van der Waals surface area contributed by atoms with E-state index < -0.39 is 0 Å². The molecule has 1 aliphatic rings. The Bertz CT molecular complexity index is 914. The molecular formula is C21H31N3O3S. The normalized spacial score (nSPS) is 16.8. The Morgan fingerprint density at radius 1 is 1.39 bits per heavy atom. The first-order valence-corrected chi connectivity index (χ1v) is 10.9. The van der Waals surface area contributed by atoms with E-state index in [1.807, 2.05) is 19.0 Å². The smallest absolute Gasteiger partial charge is 0.326 e. The molecule has 0 radical (unpaired) electrons. The van der Waals surface area contributed by atoms with Gasteiger partial charge in [0.2, 0.25) is 0 Å². The van der Waals surface area contributed by atoms with Crippen molar-refractivity contribution < 1.29 is 9.53 Å². The summed E-state index contributed by atoms with van der Waals surface area (Å²) in [6.07, 6.45) is 3.84. The maximum atomic E-state index is 13.4. The van der Waals surface area contributed by atoms with Crippen LogP contribution in [0.25, 0.3) is 10.2 Å². The summed E-state index contributed by atoms with van der Waals surface area (Å²) in [6.45, 7) is 7.24. The van der Waals surface area contributed by atoms with Crippen LogP contribution in [0.2, 0.25) is 0 Å². The van der Waals surface area contributed by atoms with Crippen LogP contribution < -0.4 is 5.56 Å². The van der Waals surface area contributed by atoms with E-state index in [1.165, 1.54) is 9.44 Å². The fraction of sp³-hybridized carbons (Fsp3) is 0.667. The average molecular weight is 406 g/mol. The summed E-state index contributed by atoms with van der Waals surface area (Å²) in [7, 11) is 3.87. The molecule has 0 aromatic carbocycles. The van der Waals surface area contributed by atoms with Crippen LogP contribution in [0.3, 0.4) is 0 Å². The highest BCUT2D eigenvalue weighted by molar-refractivity contribution is 7.18. The number of ether oxygens (including phenoxy) is 1. The second-order valence-corrected chi connectivity index (χ2v) is 9.68. The lowest BCUT2D eigenvalue weighted by Gasteiger charge is -2.18. The first kappa shape index (κ1) is 21.0. The predicted octanol–water partition coefficient (Wildman–Crippen LogP) is 3.23. The van der Waals surface area contributed by atoms with Gasteiger partial charge in [0.1, 0.15) is 17.2 Å². The molecule has 2 aromatic heterocycles. The lowest BCUT2D eigenvalue weighted by molar-refractivity contribution is -0.144. The van der Waals surface area contributed by atoms with Crippen molar-refractivity contribution in [3.63, 3.8) is 0 Å². The van der Waals surface area contributed by atoms with Crippen LogP contribution >= 0.6 is 11.3 Å². The summed E-state index contributed by atoms with van der Waals surface area (Å²) in [5, 5.41) is 0.712. The van der Waals surface area contributed by atoms with Gasteiger partial charge in [0.05, 0.1) is 18.5 Å². The van der Waals surface area contributed by atoms with Crippen LogP contribution in [-0.4, -0.2) is 41.1 Å². The van der Waals surface area contributed by atoms with Crippen LogP contribution in [0.1, 0.15) is 49.9 Å². The van der Waals surface area contributed by atoms with Crippen molar-refractivity contribution >= 4 is 27.5 Å². The van der Waals surface area contributed by atoms with Gasteiger partial charge < -0.3 is 9.64 Å². The number of hydrogen-bond donors (Lipinski definition) is 0. The first-order valence-electron chi connectivity index (χ1n) is 10.1. The second kappa shape index (κ2) is 8.74. The largest absolute Gasteiger partial charge is 0.464 e. The fourth-order valence-corrected chi connectivity index (χ4v) is 5.01. The molecule has 0 amide bonds. The Balaban J connectivity index is 1.97. The van der Waals surface area contributed by atoms with Crippen LogP contribution in [-0.2, 0) is 35.5 Å². The molecule has 0 saturated heterocycles. The summed E-state index contributed by atoms with van der Waals surface area (Å²) in [4.78, 5) is 34.6. The third kappa shape index (κ3) is 4.63. The van der Waals surface area contributed by atoms with Gasteiger partial charge in [0, 0.05) is 4.88 Å². The molecule has 0 bridgehead atoms.